The average Bonchev–Trinajstić information content (AvgIpc) is 3.02. The maximum absolute atomic E-state index is 14.3. The van der Waals surface area contributed by atoms with Crippen molar-refractivity contribution in [1.29, 1.82) is 0 Å². The highest BCUT2D eigenvalue weighted by Gasteiger charge is 2.39. The van der Waals surface area contributed by atoms with Gasteiger partial charge in [-0.2, -0.15) is 0 Å². The first-order chi connectivity index (χ1) is 12.2. The van der Waals surface area contributed by atoms with Crippen molar-refractivity contribution in [2.24, 2.45) is 11.5 Å². The number of Topliss-reactive ketones (excluding diaryl/α,β-unsaturated/α-hetero) is 1. The number of carbonyl (C=O) groups is 1. The smallest absolute Gasteiger partial charge is 0.192 e. The molecule has 4 N–H and O–H groups in total. The second-order valence-electron chi connectivity index (χ2n) is 6.62. The van der Waals surface area contributed by atoms with Crippen molar-refractivity contribution in [3.63, 3.8) is 0 Å². The molecule has 1 aliphatic carbocycles. The summed E-state index contributed by atoms with van der Waals surface area (Å²) in [4.78, 5) is 13.2. The van der Waals surface area contributed by atoms with Gasteiger partial charge in [0.15, 0.2) is 5.78 Å². The number of hydrogen-bond donors (Lipinski definition) is 2. The second-order valence-corrected chi connectivity index (χ2v) is 7.02. The minimum absolute atomic E-state index is 0.00864. The Hall–Kier alpha value is -2.28. The van der Waals surface area contributed by atoms with Gasteiger partial charge in [-0.15, -0.1) is 0 Å². The van der Waals surface area contributed by atoms with Crippen molar-refractivity contribution in [2.75, 3.05) is 0 Å². The minimum atomic E-state index is -1.32. The third-order valence-electron chi connectivity index (χ3n) is 4.42. The quantitative estimate of drug-likeness (QED) is 0.795. The molecule has 3 rings (SSSR count). The zero-order valence-corrected chi connectivity index (χ0v) is 15.2. The summed E-state index contributed by atoms with van der Waals surface area (Å²) < 4.78 is 19.2. The molecule has 0 amide bonds. The summed E-state index contributed by atoms with van der Waals surface area (Å²) in [7, 11) is 0. The van der Waals surface area contributed by atoms with Crippen molar-refractivity contribution >= 4 is 17.4 Å². The first-order valence-electron chi connectivity index (χ1n) is 8.11. The Bertz CT molecular complexity index is 912. The Balaban J connectivity index is 2.06. The zero-order chi connectivity index (χ0) is 19.1. The van der Waals surface area contributed by atoms with E-state index in [1.165, 1.54) is 24.5 Å². The van der Waals surface area contributed by atoms with Crippen LogP contribution in [0.2, 0.25) is 5.02 Å². The minimum Gasteiger partial charge on any atom is -0.363 e. The van der Waals surface area contributed by atoms with Gasteiger partial charge in [-0.25, -0.2) is 4.39 Å². The molecule has 7 heteroatoms. The summed E-state index contributed by atoms with van der Waals surface area (Å²) in [6.45, 7) is 3.68. The van der Waals surface area contributed by atoms with Crippen LogP contribution in [0.4, 0.5) is 4.39 Å². The molecule has 136 valence electrons. The number of rotatable bonds is 4. The normalized spacial score (nSPS) is 21.2. The number of halogens is 2. The van der Waals surface area contributed by atoms with Gasteiger partial charge in [-0.05, 0) is 32.4 Å². The summed E-state index contributed by atoms with van der Waals surface area (Å²) in [5, 5.41) is 3.92. The number of hydrogen-bond acceptors (Lipinski definition) is 5. The molecular formula is C19H19ClFN3O2. The fourth-order valence-corrected chi connectivity index (χ4v) is 3.42. The first kappa shape index (κ1) is 18.5. The molecular weight excluding hydrogens is 357 g/mol. The molecule has 1 aromatic carbocycles. The lowest BCUT2D eigenvalue weighted by Crippen LogP contribution is -2.49. The highest BCUT2D eigenvalue weighted by molar-refractivity contribution is 6.33. The Morgan fingerprint density at radius 3 is 2.85 bits per heavy atom. The fourth-order valence-electron chi connectivity index (χ4n) is 3.17. The Morgan fingerprint density at radius 2 is 2.19 bits per heavy atom. The van der Waals surface area contributed by atoms with Crippen LogP contribution in [0.25, 0.3) is 11.3 Å². The van der Waals surface area contributed by atoms with Gasteiger partial charge in [0, 0.05) is 6.04 Å². The molecule has 1 heterocycles. The Labute approximate surface area is 155 Å². The van der Waals surface area contributed by atoms with Crippen LogP contribution in [0, 0.1) is 5.82 Å². The molecule has 0 bridgehead atoms. The highest BCUT2D eigenvalue weighted by atomic mass is 35.5. The van der Waals surface area contributed by atoms with Gasteiger partial charge in [0.05, 0.1) is 16.1 Å². The van der Waals surface area contributed by atoms with E-state index in [1.54, 1.807) is 6.08 Å². The molecule has 0 saturated heterocycles. The van der Waals surface area contributed by atoms with Crippen LogP contribution in [0.3, 0.4) is 0 Å². The van der Waals surface area contributed by atoms with Crippen molar-refractivity contribution < 1.29 is 13.7 Å². The Morgan fingerprint density at radius 1 is 1.46 bits per heavy atom. The SMILES string of the molecule is CC1=CC(N)(C(=O)c2conc2-c2c(F)cccc2Cl)CC(C(C)N)=C1. The van der Waals surface area contributed by atoms with Crippen LogP contribution in [0.15, 0.2) is 52.3 Å². The second kappa shape index (κ2) is 6.79. The molecule has 26 heavy (non-hydrogen) atoms. The van der Waals surface area contributed by atoms with Gasteiger partial charge in [-0.1, -0.05) is 46.1 Å². The number of nitrogens with zero attached hydrogens (tertiary/aromatic N) is 1. The van der Waals surface area contributed by atoms with Crippen LogP contribution in [0.1, 0.15) is 30.6 Å². The van der Waals surface area contributed by atoms with Gasteiger partial charge in [0.2, 0.25) is 0 Å². The van der Waals surface area contributed by atoms with Crippen LogP contribution in [-0.4, -0.2) is 22.5 Å². The molecule has 2 aromatic rings. The van der Waals surface area contributed by atoms with Crippen LogP contribution < -0.4 is 11.5 Å². The first-order valence-corrected chi connectivity index (χ1v) is 8.48. The lowest BCUT2D eigenvalue weighted by atomic mass is 9.77. The molecule has 0 radical (unpaired) electrons. The van der Waals surface area contributed by atoms with Crippen molar-refractivity contribution in [2.45, 2.75) is 31.8 Å². The Kier molecular flexibility index (Phi) is 4.84. The standard InChI is InChI=1S/C19H19ClFN3O2/c1-10-6-12(11(2)22)8-19(23,7-10)18(25)13-9-26-24-17(13)16-14(20)4-3-5-15(16)21/h3-7,9,11H,8,22-23H2,1-2H3. The molecule has 2 atom stereocenters. The molecule has 2 unspecified atom stereocenters. The molecule has 5 nitrogen and oxygen atoms in total. The monoisotopic (exact) mass is 375 g/mol. The predicted octanol–water partition coefficient (Wildman–Crippen LogP) is 3.64. The van der Waals surface area contributed by atoms with Crippen molar-refractivity contribution in [3.05, 3.63) is 64.2 Å². The van der Waals surface area contributed by atoms with Crippen molar-refractivity contribution in [1.82, 2.24) is 5.16 Å². The largest absolute Gasteiger partial charge is 0.363 e. The number of carbonyl (C=O) groups excluding carboxylic acids is 1. The van der Waals surface area contributed by atoms with E-state index in [4.69, 9.17) is 27.6 Å². The maximum Gasteiger partial charge on any atom is 0.192 e. The number of allylic oxidation sites excluding steroid dienone is 2. The van der Waals surface area contributed by atoms with E-state index in [0.717, 1.165) is 11.1 Å². The van der Waals surface area contributed by atoms with E-state index in [1.807, 2.05) is 19.9 Å². The van der Waals surface area contributed by atoms with Gasteiger partial charge < -0.3 is 16.0 Å². The van der Waals surface area contributed by atoms with E-state index in [9.17, 15) is 9.18 Å². The van der Waals surface area contributed by atoms with Gasteiger partial charge in [0.1, 0.15) is 23.3 Å². The van der Waals surface area contributed by atoms with E-state index in [-0.39, 0.29) is 34.3 Å². The predicted molar refractivity (Wildman–Crippen MR) is 98.3 cm³/mol. The molecule has 0 saturated carbocycles. The number of nitrogens with two attached hydrogens (primary N) is 2. The molecule has 0 spiro atoms. The molecule has 0 fully saturated rings. The number of benzene rings is 1. The summed E-state index contributed by atoms with van der Waals surface area (Å²) in [6, 6.07) is 3.99. The summed E-state index contributed by atoms with van der Waals surface area (Å²) >= 11 is 6.10. The van der Waals surface area contributed by atoms with E-state index in [2.05, 4.69) is 5.16 Å². The zero-order valence-electron chi connectivity index (χ0n) is 14.4. The third kappa shape index (κ3) is 3.23. The highest BCUT2D eigenvalue weighted by Crippen LogP contribution is 2.35. The molecule has 1 aromatic heterocycles. The summed E-state index contributed by atoms with van der Waals surface area (Å²) in [5.74, 6) is -1.03. The van der Waals surface area contributed by atoms with Crippen LogP contribution in [0.5, 0.6) is 0 Å². The van der Waals surface area contributed by atoms with E-state index in [0.29, 0.717) is 0 Å². The summed E-state index contributed by atoms with van der Waals surface area (Å²) in [6.07, 6.45) is 5.03. The van der Waals surface area contributed by atoms with Gasteiger partial charge in [0.25, 0.3) is 0 Å². The lowest BCUT2D eigenvalue weighted by molar-refractivity contribution is 0.0918. The number of ketones is 1. The molecule has 0 aliphatic heterocycles. The average molecular weight is 376 g/mol. The van der Waals surface area contributed by atoms with Gasteiger partial charge >= 0.3 is 0 Å². The lowest BCUT2D eigenvalue weighted by Gasteiger charge is -2.31. The third-order valence-corrected chi connectivity index (χ3v) is 4.73. The van der Waals surface area contributed by atoms with Crippen LogP contribution in [-0.2, 0) is 0 Å². The molecule has 1 aliphatic rings. The maximum atomic E-state index is 14.3. The van der Waals surface area contributed by atoms with E-state index >= 15 is 0 Å². The summed E-state index contributed by atoms with van der Waals surface area (Å²) in [5.41, 5.74) is 12.9. The van der Waals surface area contributed by atoms with E-state index < -0.39 is 17.1 Å². The number of aromatic nitrogens is 1. The topological polar surface area (TPSA) is 95.1 Å². The van der Waals surface area contributed by atoms with Crippen molar-refractivity contribution in [3.8, 4) is 11.3 Å². The fraction of sp³-hybridized carbons (Fsp3) is 0.263. The van der Waals surface area contributed by atoms with Crippen LogP contribution >= 0.6 is 11.6 Å². The van der Waals surface area contributed by atoms with Gasteiger partial charge in [-0.3, -0.25) is 4.79 Å².